The predicted octanol–water partition coefficient (Wildman–Crippen LogP) is 3.33. The van der Waals surface area contributed by atoms with E-state index in [1.54, 1.807) is 6.07 Å². The molecule has 17 heavy (non-hydrogen) atoms. The van der Waals surface area contributed by atoms with E-state index in [4.69, 9.17) is 5.73 Å². The molecule has 2 nitrogen and oxygen atoms in total. The van der Waals surface area contributed by atoms with E-state index in [0.717, 1.165) is 12.1 Å². The summed E-state index contributed by atoms with van der Waals surface area (Å²) >= 11 is 0. The highest BCUT2D eigenvalue weighted by molar-refractivity contribution is 5.49. The average Bonchev–Trinajstić information content (AvgIpc) is 2.14. The lowest BCUT2D eigenvalue weighted by Crippen LogP contribution is -2.29. The average molecular weight is 238 g/mol. The fourth-order valence-corrected chi connectivity index (χ4v) is 1.91. The largest absolute Gasteiger partial charge is 0.372 e. The van der Waals surface area contributed by atoms with Crippen LogP contribution in [0.3, 0.4) is 0 Å². The predicted molar refractivity (Wildman–Crippen MR) is 71.7 cm³/mol. The standard InChI is InChI=1S/C14H23FN2/c1-10(16)11-6-7-13(12(15)8-11)17(5)9-14(2,3)4/h6-8,10H,9,16H2,1-5H3/t10-/m0/s1. The van der Waals surface area contributed by atoms with Gasteiger partial charge in [0.15, 0.2) is 0 Å². The number of nitrogens with zero attached hydrogens (tertiary/aromatic N) is 1. The van der Waals surface area contributed by atoms with Crippen LogP contribution in [0, 0.1) is 11.2 Å². The summed E-state index contributed by atoms with van der Waals surface area (Å²) in [5, 5.41) is 0. The first-order valence-electron chi connectivity index (χ1n) is 5.97. The van der Waals surface area contributed by atoms with E-state index < -0.39 is 0 Å². The highest BCUT2D eigenvalue weighted by Gasteiger charge is 2.16. The molecule has 1 aromatic carbocycles. The molecule has 1 aromatic rings. The Balaban J connectivity index is 2.92. The van der Waals surface area contributed by atoms with Crippen LogP contribution in [0.4, 0.5) is 10.1 Å². The molecular weight excluding hydrogens is 215 g/mol. The van der Waals surface area contributed by atoms with Crippen LogP contribution in [0.15, 0.2) is 18.2 Å². The molecule has 0 spiro atoms. The molecular formula is C14H23FN2. The summed E-state index contributed by atoms with van der Waals surface area (Å²) in [7, 11) is 1.91. The Labute approximate surface area is 104 Å². The molecule has 0 amide bonds. The lowest BCUT2D eigenvalue weighted by molar-refractivity contribution is 0.417. The molecule has 0 aliphatic heterocycles. The molecule has 0 aliphatic carbocycles. The van der Waals surface area contributed by atoms with Crippen LogP contribution in [0.5, 0.6) is 0 Å². The van der Waals surface area contributed by atoms with Gasteiger partial charge in [0, 0.05) is 19.6 Å². The topological polar surface area (TPSA) is 29.3 Å². The molecule has 0 radical (unpaired) electrons. The summed E-state index contributed by atoms with van der Waals surface area (Å²) in [5.74, 6) is -0.202. The molecule has 0 saturated heterocycles. The molecule has 0 heterocycles. The van der Waals surface area contributed by atoms with E-state index in [2.05, 4.69) is 20.8 Å². The minimum absolute atomic E-state index is 0.133. The molecule has 0 saturated carbocycles. The van der Waals surface area contributed by atoms with Crippen molar-refractivity contribution in [3.63, 3.8) is 0 Å². The number of rotatable bonds is 3. The molecule has 1 atom stereocenters. The summed E-state index contributed by atoms with van der Waals surface area (Å²) < 4.78 is 13.9. The maximum absolute atomic E-state index is 13.9. The van der Waals surface area contributed by atoms with Gasteiger partial charge in [0.25, 0.3) is 0 Å². The van der Waals surface area contributed by atoms with E-state index in [1.807, 2.05) is 24.9 Å². The number of nitrogens with two attached hydrogens (primary N) is 1. The zero-order valence-electron chi connectivity index (χ0n) is 11.4. The normalized spacial score (nSPS) is 13.6. The van der Waals surface area contributed by atoms with Crippen LogP contribution < -0.4 is 10.6 Å². The van der Waals surface area contributed by atoms with Crippen molar-refractivity contribution in [2.75, 3.05) is 18.5 Å². The quantitative estimate of drug-likeness (QED) is 0.875. The number of benzene rings is 1. The zero-order valence-corrected chi connectivity index (χ0v) is 11.4. The minimum atomic E-state index is -0.202. The summed E-state index contributed by atoms with van der Waals surface area (Å²) in [5.41, 5.74) is 7.33. The van der Waals surface area contributed by atoms with Gasteiger partial charge in [0.2, 0.25) is 0 Å². The highest BCUT2D eigenvalue weighted by atomic mass is 19.1. The monoisotopic (exact) mass is 238 g/mol. The van der Waals surface area contributed by atoms with Crippen LogP contribution in [0.2, 0.25) is 0 Å². The van der Waals surface area contributed by atoms with E-state index in [9.17, 15) is 4.39 Å². The Kier molecular flexibility index (Phi) is 4.15. The maximum atomic E-state index is 13.9. The van der Waals surface area contributed by atoms with Gasteiger partial charge in [-0.1, -0.05) is 26.8 Å². The second-order valence-corrected chi connectivity index (χ2v) is 5.92. The minimum Gasteiger partial charge on any atom is -0.372 e. The third kappa shape index (κ3) is 4.00. The Morgan fingerprint density at radius 1 is 1.35 bits per heavy atom. The summed E-state index contributed by atoms with van der Waals surface area (Å²) in [6.45, 7) is 9.07. The van der Waals surface area contributed by atoms with Gasteiger partial charge in [0.1, 0.15) is 5.82 Å². The first-order chi connectivity index (χ1) is 7.70. The summed E-state index contributed by atoms with van der Waals surface area (Å²) in [4.78, 5) is 1.94. The fraction of sp³-hybridized carbons (Fsp3) is 0.571. The second kappa shape index (κ2) is 5.05. The van der Waals surface area contributed by atoms with E-state index in [-0.39, 0.29) is 17.3 Å². The number of halogens is 1. The highest BCUT2D eigenvalue weighted by Crippen LogP contribution is 2.25. The molecule has 3 heteroatoms. The van der Waals surface area contributed by atoms with Crippen molar-refractivity contribution in [3.8, 4) is 0 Å². The zero-order chi connectivity index (χ0) is 13.2. The maximum Gasteiger partial charge on any atom is 0.146 e. The van der Waals surface area contributed by atoms with Gasteiger partial charge in [-0.3, -0.25) is 0 Å². The molecule has 0 unspecified atom stereocenters. The molecule has 0 aliphatic rings. The molecule has 0 aromatic heterocycles. The third-order valence-electron chi connectivity index (χ3n) is 2.62. The first kappa shape index (κ1) is 14.0. The molecule has 96 valence electrons. The van der Waals surface area contributed by atoms with Crippen LogP contribution in [-0.2, 0) is 0 Å². The summed E-state index contributed by atoms with van der Waals surface area (Å²) in [6.07, 6.45) is 0. The van der Waals surface area contributed by atoms with Gasteiger partial charge in [-0.05, 0) is 30.0 Å². The van der Waals surface area contributed by atoms with Gasteiger partial charge in [0.05, 0.1) is 5.69 Å². The SMILES string of the molecule is C[C@H](N)c1ccc(N(C)CC(C)(C)C)c(F)c1. The molecule has 0 bridgehead atoms. The lowest BCUT2D eigenvalue weighted by Gasteiger charge is -2.28. The molecule has 0 fully saturated rings. The third-order valence-corrected chi connectivity index (χ3v) is 2.62. The Hall–Kier alpha value is -1.09. The van der Waals surface area contributed by atoms with Gasteiger partial charge < -0.3 is 10.6 Å². The van der Waals surface area contributed by atoms with Crippen molar-refractivity contribution < 1.29 is 4.39 Å². The Morgan fingerprint density at radius 3 is 2.35 bits per heavy atom. The number of hydrogen-bond acceptors (Lipinski definition) is 2. The van der Waals surface area contributed by atoms with Crippen molar-refractivity contribution in [1.29, 1.82) is 0 Å². The van der Waals surface area contributed by atoms with Gasteiger partial charge in [-0.2, -0.15) is 0 Å². The van der Waals surface area contributed by atoms with E-state index >= 15 is 0 Å². The number of hydrogen-bond donors (Lipinski definition) is 1. The number of anilines is 1. The van der Waals surface area contributed by atoms with Crippen LogP contribution in [0.1, 0.15) is 39.3 Å². The first-order valence-corrected chi connectivity index (χ1v) is 5.97. The smallest absolute Gasteiger partial charge is 0.146 e. The Morgan fingerprint density at radius 2 is 1.94 bits per heavy atom. The van der Waals surface area contributed by atoms with Crippen molar-refractivity contribution in [3.05, 3.63) is 29.6 Å². The Bertz CT molecular complexity index is 380. The van der Waals surface area contributed by atoms with Crippen molar-refractivity contribution >= 4 is 5.69 Å². The van der Waals surface area contributed by atoms with E-state index in [0.29, 0.717) is 5.69 Å². The van der Waals surface area contributed by atoms with Crippen molar-refractivity contribution in [2.45, 2.75) is 33.7 Å². The van der Waals surface area contributed by atoms with Gasteiger partial charge in [-0.25, -0.2) is 4.39 Å². The van der Waals surface area contributed by atoms with Crippen molar-refractivity contribution in [1.82, 2.24) is 0 Å². The lowest BCUT2D eigenvalue weighted by atomic mass is 9.96. The summed E-state index contributed by atoms with van der Waals surface area (Å²) in [6, 6.07) is 5.09. The van der Waals surface area contributed by atoms with Gasteiger partial charge in [-0.15, -0.1) is 0 Å². The second-order valence-electron chi connectivity index (χ2n) is 5.92. The molecule has 1 rings (SSSR count). The molecule has 2 N–H and O–H groups in total. The van der Waals surface area contributed by atoms with E-state index in [1.165, 1.54) is 6.07 Å². The van der Waals surface area contributed by atoms with Gasteiger partial charge >= 0.3 is 0 Å². The van der Waals surface area contributed by atoms with Crippen LogP contribution >= 0.6 is 0 Å². The van der Waals surface area contributed by atoms with Crippen LogP contribution in [0.25, 0.3) is 0 Å². The van der Waals surface area contributed by atoms with Crippen LogP contribution in [-0.4, -0.2) is 13.6 Å². The van der Waals surface area contributed by atoms with Crippen molar-refractivity contribution in [2.24, 2.45) is 11.1 Å². The fourth-order valence-electron chi connectivity index (χ4n) is 1.91.